The number of hydrogen-bond acceptors (Lipinski definition) is 3. The predicted molar refractivity (Wildman–Crippen MR) is 47.7 cm³/mol. The zero-order valence-corrected chi connectivity index (χ0v) is 7.50. The number of piperidine rings is 3. The summed E-state index contributed by atoms with van der Waals surface area (Å²) in [6, 6.07) is 0. The predicted octanol–water partition coefficient (Wildman–Crippen LogP) is -0.351. The van der Waals surface area contributed by atoms with Gasteiger partial charge in [0, 0.05) is 18.5 Å². The summed E-state index contributed by atoms with van der Waals surface area (Å²) in [5, 5.41) is 9.36. The summed E-state index contributed by atoms with van der Waals surface area (Å²) in [7, 11) is 0. The average molecular weight is 170 g/mol. The third kappa shape index (κ3) is 1.08. The quantitative estimate of drug-likeness (QED) is 0.595. The molecular weight excluding hydrogens is 152 g/mol. The second-order valence-corrected chi connectivity index (χ2v) is 4.28. The number of hydrogen-bond donors (Lipinski definition) is 2. The van der Waals surface area contributed by atoms with Crippen LogP contribution in [0.3, 0.4) is 0 Å². The first-order chi connectivity index (χ1) is 5.80. The molecule has 0 spiro atoms. The van der Waals surface area contributed by atoms with Gasteiger partial charge >= 0.3 is 0 Å². The van der Waals surface area contributed by atoms with Crippen LogP contribution in [-0.4, -0.2) is 42.8 Å². The Labute approximate surface area is 73.5 Å². The molecule has 2 bridgehead atoms. The molecule has 3 aliphatic rings. The lowest BCUT2D eigenvalue weighted by Gasteiger charge is -2.52. The van der Waals surface area contributed by atoms with Crippen molar-refractivity contribution in [1.82, 2.24) is 4.90 Å². The summed E-state index contributed by atoms with van der Waals surface area (Å²) in [6.45, 7) is 4.36. The van der Waals surface area contributed by atoms with Crippen molar-refractivity contribution in [2.75, 3.05) is 32.8 Å². The molecule has 1 unspecified atom stereocenters. The number of fused-ring (bicyclic) bond motifs is 3. The van der Waals surface area contributed by atoms with E-state index in [1.54, 1.807) is 0 Å². The lowest BCUT2D eigenvalue weighted by molar-refractivity contribution is -0.0555. The highest BCUT2D eigenvalue weighted by atomic mass is 16.3. The maximum Gasteiger partial charge on any atom is 0.0514 e. The van der Waals surface area contributed by atoms with E-state index >= 15 is 0 Å². The molecule has 3 saturated heterocycles. The Morgan fingerprint density at radius 1 is 1.42 bits per heavy atom. The third-order valence-electron chi connectivity index (χ3n) is 3.71. The van der Waals surface area contributed by atoms with Crippen LogP contribution < -0.4 is 5.73 Å². The van der Waals surface area contributed by atoms with Crippen LogP contribution in [0, 0.1) is 11.3 Å². The van der Waals surface area contributed by atoms with Gasteiger partial charge in [-0.3, -0.25) is 0 Å². The Kier molecular flexibility index (Phi) is 2.10. The van der Waals surface area contributed by atoms with E-state index in [0.717, 1.165) is 6.54 Å². The fourth-order valence-electron chi connectivity index (χ4n) is 2.75. The maximum absolute atomic E-state index is 9.36. The highest BCUT2D eigenvalue weighted by molar-refractivity contribution is 4.97. The monoisotopic (exact) mass is 170 g/mol. The van der Waals surface area contributed by atoms with Crippen molar-refractivity contribution in [1.29, 1.82) is 0 Å². The Balaban J connectivity index is 2.15. The Hall–Kier alpha value is -0.120. The van der Waals surface area contributed by atoms with Gasteiger partial charge in [0.15, 0.2) is 0 Å². The van der Waals surface area contributed by atoms with E-state index in [0.29, 0.717) is 12.5 Å². The number of nitrogens with two attached hydrogens (primary N) is 1. The normalized spacial score (nSPS) is 46.5. The van der Waals surface area contributed by atoms with Crippen LogP contribution in [0.1, 0.15) is 12.8 Å². The van der Waals surface area contributed by atoms with Crippen LogP contribution in [0.25, 0.3) is 0 Å². The summed E-state index contributed by atoms with van der Waals surface area (Å²) in [5.41, 5.74) is 5.79. The fraction of sp³-hybridized carbons (Fsp3) is 1.00. The van der Waals surface area contributed by atoms with Gasteiger partial charge in [-0.15, -0.1) is 0 Å². The summed E-state index contributed by atoms with van der Waals surface area (Å²) in [5.74, 6) is 0.678. The minimum absolute atomic E-state index is 0.0382. The highest BCUT2D eigenvalue weighted by Crippen LogP contribution is 2.40. The summed E-state index contributed by atoms with van der Waals surface area (Å²) in [6.07, 6.45) is 2.47. The first-order valence-corrected chi connectivity index (χ1v) is 4.84. The van der Waals surface area contributed by atoms with Crippen molar-refractivity contribution >= 4 is 0 Å². The van der Waals surface area contributed by atoms with Gasteiger partial charge in [0.2, 0.25) is 0 Å². The zero-order chi connectivity index (χ0) is 8.60. The van der Waals surface area contributed by atoms with Crippen molar-refractivity contribution < 1.29 is 5.11 Å². The Morgan fingerprint density at radius 2 is 2.08 bits per heavy atom. The Bertz CT molecular complexity index is 160. The largest absolute Gasteiger partial charge is 0.396 e. The van der Waals surface area contributed by atoms with Crippen molar-refractivity contribution in [3.05, 3.63) is 0 Å². The SMILES string of the molecule is NCC1(CO)CN2CCC1CC2. The van der Waals surface area contributed by atoms with Crippen LogP contribution in [0.5, 0.6) is 0 Å². The van der Waals surface area contributed by atoms with Gasteiger partial charge in [0.25, 0.3) is 0 Å². The van der Waals surface area contributed by atoms with Gasteiger partial charge in [-0.25, -0.2) is 0 Å². The van der Waals surface area contributed by atoms with E-state index in [1.165, 1.54) is 25.9 Å². The highest BCUT2D eigenvalue weighted by Gasteiger charge is 2.45. The molecule has 70 valence electrons. The molecule has 0 radical (unpaired) electrons. The topological polar surface area (TPSA) is 49.5 Å². The number of aliphatic hydroxyl groups excluding tert-OH is 1. The molecule has 0 aromatic carbocycles. The second kappa shape index (κ2) is 2.98. The molecule has 0 amide bonds. The van der Waals surface area contributed by atoms with E-state index in [9.17, 15) is 5.11 Å². The van der Waals surface area contributed by atoms with E-state index in [-0.39, 0.29) is 12.0 Å². The Morgan fingerprint density at radius 3 is 2.33 bits per heavy atom. The second-order valence-electron chi connectivity index (χ2n) is 4.28. The molecule has 3 aliphatic heterocycles. The first-order valence-electron chi connectivity index (χ1n) is 4.84. The van der Waals surface area contributed by atoms with E-state index in [2.05, 4.69) is 4.90 Å². The third-order valence-corrected chi connectivity index (χ3v) is 3.71. The molecular formula is C9H18N2O. The molecule has 3 nitrogen and oxygen atoms in total. The minimum Gasteiger partial charge on any atom is -0.396 e. The smallest absolute Gasteiger partial charge is 0.0514 e. The average Bonchev–Trinajstić information content (AvgIpc) is 2.19. The van der Waals surface area contributed by atoms with Gasteiger partial charge < -0.3 is 15.7 Å². The van der Waals surface area contributed by atoms with Gasteiger partial charge in [-0.05, 0) is 31.8 Å². The van der Waals surface area contributed by atoms with Gasteiger partial charge in [-0.1, -0.05) is 0 Å². The van der Waals surface area contributed by atoms with Gasteiger partial charge in [0.1, 0.15) is 0 Å². The van der Waals surface area contributed by atoms with Crippen molar-refractivity contribution in [2.45, 2.75) is 12.8 Å². The molecule has 0 saturated carbocycles. The molecule has 0 aromatic rings. The molecule has 0 aliphatic carbocycles. The number of nitrogens with zero attached hydrogens (tertiary/aromatic N) is 1. The standard InChI is InChI=1S/C9H18N2O/c10-5-9(7-12)6-11-3-1-8(9)2-4-11/h8,12H,1-7,10H2. The van der Waals surface area contributed by atoms with Crippen LogP contribution in [0.15, 0.2) is 0 Å². The fourth-order valence-corrected chi connectivity index (χ4v) is 2.75. The first kappa shape index (κ1) is 8.48. The van der Waals surface area contributed by atoms with Crippen molar-refractivity contribution in [3.63, 3.8) is 0 Å². The molecule has 12 heavy (non-hydrogen) atoms. The molecule has 3 fully saturated rings. The number of rotatable bonds is 2. The van der Waals surface area contributed by atoms with Gasteiger partial charge in [0.05, 0.1) is 6.61 Å². The van der Waals surface area contributed by atoms with E-state index in [4.69, 9.17) is 5.73 Å². The van der Waals surface area contributed by atoms with Crippen LogP contribution >= 0.6 is 0 Å². The van der Waals surface area contributed by atoms with E-state index < -0.39 is 0 Å². The lowest BCUT2D eigenvalue weighted by atomic mass is 9.67. The van der Waals surface area contributed by atoms with Crippen molar-refractivity contribution in [2.24, 2.45) is 17.1 Å². The molecule has 3 N–H and O–H groups in total. The summed E-state index contributed by atoms with van der Waals surface area (Å²) < 4.78 is 0. The van der Waals surface area contributed by atoms with Crippen LogP contribution in [0.2, 0.25) is 0 Å². The van der Waals surface area contributed by atoms with Gasteiger partial charge in [-0.2, -0.15) is 0 Å². The minimum atomic E-state index is 0.0382. The summed E-state index contributed by atoms with van der Waals surface area (Å²) in [4.78, 5) is 2.43. The maximum atomic E-state index is 9.36. The lowest BCUT2D eigenvalue weighted by Crippen LogP contribution is -2.59. The summed E-state index contributed by atoms with van der Waals surface area (Å²) >= 11 is 0. The van der Waals surface area contributed by atoms with Crippen molar-refractivity contribution in [3.8, 4) is 0 Å². The molecule has 3 rings (SSSR count). The van der Waals surface area contributed by atoms with Crippen LogP contribution in [-0.2, 0) is 0 Å². The molecule has 0 aromatic heterocycles. The molecule has 3 heteroatoms. The van der Waals surface area contributed by atoms with Crippen LogP contribution in [0.4, 0.5) is 0 Å². The zero-order valence-electron chi connectivity index (χ0n) is 7.50. The number of aliphatic hydroxyl groups is 1. The van der Waals surface area contributed by atoms with E-state index in [1.807, 2.05) is 0 Å². The molecule has 3 heterocycles. The molecule has 1 atom stereocenters.